The molecule has 0 heterocycles. The van der Waals surface area contributed by atoms with Gasteiger partial charge in [-0.15, -0.1) is 0 Å². The first kappa shape index (κ1) is 34.7. The minimum atomic E-state index is -4.18. The van der Waals surface area contributed by atoms with Crippen LogP contribution in [0.1, 0.15) is 54.9 Å². The zero-order valence-corrected chi connectivity index (χ0v) is 28.8. The number of nitrogens with zero attached hydrogens (tertiary/aromatic N) is 2. The predicted octanol–water partition coefficient (Wildman–Crippen LogP) is 6.60. The van der Waals surface area contributed by atoms with Crippen molar-refractivity contribution in [1.29, 1.82) is 0 Å². The van der Waals surface area contributed by atoms with Gasteiger partial charge >= 0.3 is 0 Å². The fraction of sp³-hybridized carbons (Fsp3) is 0.333. The molecule has 1 N–H and O–H groups in total. The maximum absolute atomic E-state index is 14.7. The summed E-state index contributed by atoms with van der Waals surface area (Å²) in [7, 11) is -4.18. The van der Waals surface area contributed by atoms with Gasteiger partial charge in [0.05, 0.1) is 17.2 Å². The molecule has 5 rings (SSSR count). The molecule has 0 spiro atoms. The fourth-order valence-corrected chi connectivity index (χ4v) is 7.55. The van der Waals surface area contributed by atoms with Crippen molar-refractivity contribution in [3.63, 3.8) is 0 Å². The third-order valence-corrected chi connectivity index (χ3v) is 10.7. The van der Waals surface area contributed by atoms with Crippen molar-refractivity contribution >= 4 is 27.5 Å². The number of anilines is 1. The van der Waals surface area contributed by atoms with Crippen LogP contribution < -0.4 is 14.4 Å². The molecular weight excluding hydrogens is 623 g/mol. The zero-order chi connectivity index (χ0) is 34.1. The second-order valence-corrected chi connectivity index (χ2v) is 14.3. The van der Waals surface area contributed by atoms with E-state index in [0.29, 0.717) is 18.0 Å². The largest absolute Gasteiger partial charge is 0.494 e. The highest BCUT2D eigenvalue weighted by atomic mass is 32.2. The number of ether oxygens (including phenoxy) is 1. The van der Waals surface area contributed by atoms with E-state index in [4.69, 9.17) is 4.74 Å². The van der Waals surface area contributed by atoms with Crippen LogP contribution in [0.4, 0.5) is 5.69 Å². The third kappa shape index (κ3) is 8.63. The van der Waals surface area contributed by atoms with Gasteiger partial charge in [0.15, 0.2) is 0 Å². The van der Waals surface area contributed by atoms with Crippen molar-refractivity contribution in [2.75, 3.05) is 17.5 Å². The molecule has 0 unspecified atom stereocenters. The van der Waals surface area contributed by atoms with E-state index in [1.807, 2.05) is 75.4 Å². The lowest BCUT2D eigenvalue weighted by molar-refractivity contribution is -0.140. The van der Waals surface area contributed by atoms with Gasteiger partial charge in [0.2, 0.25) is 11.8 Å². The highest BCUT2D eigenvalue weighted by Gasteiger charge is 2.35. The lowest BCUT2D eigenvalue weighted by Gasteiger charge is -2.34. The van der Waals surface area contributed by atoms with Gasteiger partial charge in [0.25, 0.3) is 10.0 Å². The molecule has 1 fully saturated rings. The molecule has 0 aliphatic heterocycles. The second kappa shape index (κ2) is 16.0. The number of rotatable bonds is 14. The fourth-order valence-electron chi connectivity index (χ4n) is 6.13. The lowest BCUT2D eigenvalue weighted by atomic mass is 10.0. The Labute approximate surface area is 284 Å². The summed E-state index contributed by atoms with van der Waals surface area (Å²) in [5, 5.41) is 3.22. The average Bonchev–Trinajstić information content (AvgIpc) is 3.60. The highest BCUT2D eigenvalue weighted by Crippen LogP contribution is 2.28. The quantitative estimate of drug-likeness (QED) is 0.164. The van der Waals surface area contributed by atoms with E-state index in [1.54, 1.807) is 53.4 Å². The van der Waals surface area contributed by atoms with Gasteiger partial charge in [-0.25, -0.2) is 8.42 Å². The third-order valence-electron chi connectivity index (χ3n) is 8.90. The molecule has 2 amide bonds. The van der Waals surface area contributed by atoms with Crippen molar-refractivity contribution < 1.29 is 22.7 Å². The zero-order valence-electron chi connectivity index (χ0n) is 28.0. The molecule has 48 heavy (non-hydrogen) atoms. The first-order valence-electron chi connectivity index (χ1n) is 16.7. The molecular formula is C39H45N3O5S. The van der Waals surface area contributed by atoms with E-state index in [2.05, 4.69) is 5.32 Å². The predicted molar refractivity (Wildman–Crippen MR) is 189 cm³/mol. The summed E-state index contributed by atoms with van der Waals surface area (Å²) in [5.74, 6) is -0.125. The van der Waals surface area contributed by atoms with Gasteiger partial charge in [-0.3, -0.25) is 13.9 Å². The van der Waals surface area contributed by atoms with Crippen molar-refractivity contribution in [3.8, 4) is 5.75 Å². The van der Waals surface area contributed by atoms with Gasteiger partial charge in [-0.05, 0) is 86.7 Å². The van der Waals surface area contributed by atoms with Gasteiger partial charge in [-0.2, -0.15) is 0 Å². The van der Waals surface area contributed by atoms with Crippen molar-refractivity contribution in [3.05, 3.63) is 125 Å². The normalized spacial score (nSPS) is 13.9. The summed E-state index contributed by atoms with van der Waals surface area (Å²) in [4.78, 5) is 30.5. The summed E-state index contributed by atoms with van der Waals surface area (Å²) >= 11 is 0. The average molecular weight is 668 g/mol. The second-order valence-electron chi connectivity index (χ2n) is 12.4. The van der Waals surface area contributed by atoms with Crippen molar-refractivity contribution in [1.82, 2.24) is 10.2 Å². The summed E-state index contributed by atoms with van der Waals surface area (Å²) < 4.78 is 35.3. The Morgan fingerprint density at radius 1 is 0.854 bits per heavy atom. The smallest absolute Gasteiger partial charge is 0.264 e. The Morgan fingerprint density at radius 3 is 2.15 bits per heavy atom. The summed E-state index contributed by atoms with van der Waals surface area (Å²) in [6, 6.07) is 29.8. The van der Waals surface area contributed by atoms with Crippen LogP contribution in [0, 0.1) is 13.8 Å². The van der Waals surface area contributed by atoms with Crippen LogP contribution in [0.15, 0.2) is 108 Å². The number of sulfonamides is 1. The maximum Gasteiger partial charge on any atom is 0.264 e. The molecule has 8 nitrogen and oxygen atoms in total. The van der Waals surface area contributed by atoms with Crippen LogP contribution in [0.5, 0.6) is 5.75 Å². The maximum atomic E-state index is 14.7. The Bertz CT molecular complexity index is 1770. The van der Waals surface area contributed by atoms with Crippen molar-refractivity contribution in [2.24, 2.45) is 0 Å². The van der Waals surface area contributed by atoms with E-state index in [1.165, 1.54) is 0 Å². The van der Waals surface area contributed by atoms with E-state index in [0.717, 1.165) is 52.2 Å². The van der Waals surface area contributed by atoms with Gasteiger partial charge < -0.3 is 15.0 Å². The van der Waals surface area contributed by atoms with E-state index in [9.17, 15) is 18.0 Å². The van der Waals surface area contributed by atoms with Crippen LogP contribution >= 0.6 is 0 Å². The molecule has 9 heteroatoms. The molecule has 0 saturated heterocycles. The Kier molecular flexibility index (Phi) is 11.5. The van der Waals surface area contributed by atoms with Crippen molar-refractivity contribution in [2.45, 2.75) is 76.4 Å². The molecule has 1 aliphatic rings. The summed E-state index contributed by atoms with van der Waals surface area (Å²) in [6.07, 6.45) is 4.18. The number of hydrogen-bond acceptors (Lipinski definition) is 5. The molecule has 0 radical (unpaired) electrons. The Morgan fingerprint density at radius 2 is 1.50 bits per heavy atom. The molecule has 0 bridgehead atoms. The number of carbonyl (C=O) groups is 2. The van der Waals surface area contributed by atoms with Crippen LogP contribution in [-0.2, 0) is 32.6 Å². The first-order chi connectivity index (χ1) is 23.2. The molecule has 4 aromatic carbocycles. The molecule has 252 valence electrons. The number of aryl methyl sites for hydroxylation is 2. The van der Waals surface area contributed by atoms with Crippen LogP contribution in [-0.4, -0.2) is 50.4 Å². The molecule has 1 saturated carbocycles. The summed E-state index contributed by atoms with van der Waals surface area (Å²) in [5.41, 5.74) is 3.99. The molecule has 1 atom stereocenters. The Balaban J connectivity index is 1.57. The number of nitrogens with one attached hydrogen (secondary N) is 1. The molecule has 0 aromatic heterocycles. The number of carbonyl (C=O) groups excluding carboxylic acids is 2. The van der Waals surface area contributed by atoms with Gasteiger partial charge in [0.1, 0.15) is 18.3 Å². The van der Waals surface area contributed by atoms with E-state index < -0.39 is 28.5 Å². The van der Waals surface area contributed by atoms with Gasteiger partial charge in [-0.1, -0.05) is 85.1 Å². The van der Waals surface area contributed by atoms with Crippen LogP contribution in [0.2, 0.25) is 0 Å². The van der Waals surface area contributed by atoms with E-state index in [-0.39, 0.29) is 29.8 Å². The SMILES string of the molecule is CCOc1ccc(N(CC(=O)N(Cc2ccccc2C)[C@@H](Cc2ccccc2)C(=O)NC2CCCC2)S(=O)(=O)c2ccc(C)cc2)cc1. The standard InChI is InChI=1S/C39H45N3O5S/c1-4-47-35-22-20-34(21-23-35)42(48(45,46)36-24-18-29(2)19-25-36)28-38(43)41(27-32-15-9-8-12-30(32)3)37(26-31-13-6-5-7-14-31)39(44)40-33-16-10-11-17-33/h5-9,12-15,18-25,33,37H,4,10-11,16-17,26-28H2,1-3H3,(H,40,44)/t37-/m0/s1. The van der Waals surface area contributed by atoms with E-state index >= 15 is 0 Å². The van der Waals surface area contributed by atoms with Crippen LogP contribution in [0.3, 0.4) is 0 Å². The van der Waals surface area contributed by atoms with Gasteiger partial charge in [0, 0.05) is 19.0 Å². The number of hydrogen-bond donors (Lipinski definition) is 1. The Hall–Kier alpha value is -4.63. The summed E-state index contributed by atoms with van der Waals surface area (Å²) in [6.45, 7) is 5.83. The monoisotopic (exact) mass is 667 g/mol. The number of benzene rings is 4. The molecule has 4 aromatic rings. The van der Waals surface area contributed by atoms with Crippen LogP contribution in [0.25, 0.3) is 0 Å². The number of amides is 2. The lowest BCUT2D eigenvalue weighted by Crippen LogP contribution is -2.54. The highest BCUT2D eigenvalue weighted by molar-refractivity contribution is 7.92. The minimum Gasteiger partial charge on any atom is -0.494 e. The molecule has 1 aliphatic carbocycles. The first-order valence-corrected chi connectivity index (χ1v) is 18.1. The topological polar surface area (TPSA) is 96.0 Å². The minimum absolute atomic E-state index is 0.0495.